The first-order chi connectivity index (χ1) is 9.38. The van der Waals surface area contributed by atoms with Gasteiger partial charge < -0.3 is 21.5 Å². The highest BCUT2D eigenvalue weighted by Crippen LogP contribution is 1.94. The highest BCUT2D eigenvalue weighted by molar-refractivity contribution is 5.87. The van der Waals surface area contributed by atoms with Crippen molar-refractivity contribution >= 4 is 17.9 Å². The number of hydrogen-bond acceptors (Lipinski definition) is 5. The molecular weight excluding hydrogens is 266 g/mol. The number of nitrogens with zero attached hydrogens (tertiary/aromatic N) is 2. The second-order valence-corrected chi connectivity index (χ2v) is 4.04. The number of carboxylic acid groups (broad SMARTS) is 1. The Morgan fingerprint density at radius 2 is 2.05 bits per heavy atom. The minimum absolute atomic E-state index is 0.0853. The lowest BCUT2D eigenvalue weighted by Gasteiger charge is -2.13. The summed E-state index contributed by atoms with van der Waals surface area (Å²) in [6.07, 6.45) is 2.56. The smallest absolute Gasteiger partial charge is 0.326 e. The number of carbonyl (C=O) groups excluding carboxylic acids is 2. The van der Waals surface area contributed by atoms with Gasteiger partial charge in [-0.1, -0.05) is 0 Å². The second kappa shape index (κ2) is 7.02. The fourth-order valence-corrected chi connectivity index (χ4v) is 1.29. The summed E-state index contributed by atoms with van der Waals surface area (Å²) in [5.74, 6) is -2.16. The van der Waals surface area contributed by atoms with E-state index in [1.165, 1.54) is 6.20 Å². The second-order valence-electron chi connectivity index (χ2n) is 4.04. The van der Waals surface area contributed by atoms with E-state index in [-0.39, 0.29) is 6.54 Å². The van der Waals surface area contributed by atoms with Gasteiger partial charge in [0, 0.05) is 6.20 Å². The van der Waals surface area contributed by atoms with E-state index in [9.17, 15) is 14.4 Å². The summed E-state index contributed by atoms with van der Waals surface area (Å²) in [6.45, 7) is 1.86. The molecule has 5 N–H and O–H groups in total. The van der Waals surface area contributed by atoms with E-state index in [1.54, 1.807) is 13.1 Å². The lowest BCUT2D eigenvalue weighted by atomic mass is 10.2. The van der Waals surface area contributed by atoms with Gasteiger partial charge in [0.15, 0.2) is 0 Å². The molecule has 0 aliphatic heterocycles. The zero-order chi connectivity index (χ0) is 15.1. The van der Waals surface area contributed by atoms with Crippen LogP contribution in [0.1, 0.15) is 17.8 Å². The Hall–Kier alpha value is -2.71. The molecule has 9 nitrogen and oxygen atoms in total. The third kappa shape index (κ3) is 5.29. The molecule has 9 heteroatoms. The lowest BCUT2D eigenvalue weighted by molar-refractivity contribution is -0.140. The van der Waals surface area contributed by atoms with Crippen molar-refractivity contribution in [3.63, 3.8) is 0 Å². The summed E-state index contributed by atoms with van der Waals surface area (Å²) in [4.78, 5) is 41.0. The molecule has 20 heavy (non-hydrogen) atoms. The van der Waals surface area contributed by atoms with E-state index < -0.39 is 30.4 Å². The monoisotopic (exact) mass is 281 g/mol. The molecule has 0 saturated carbocycles. The fraction of sp³-hybridized carbons (Fsp3) is 0.364. The van der Waals surface area contributed by atoms with E-state index in [0.29, 0.717) is 5.69 Å². The van der Waals surface area contributed by atoms with Gasteiger partial charge in [0.1, 0.15) is 6.04 Å². The molecule has 0 saturated heterocycles. The molecule has 0 aliphatic carbocycles. The Labute approximate surface area is 114 Å². The molecule has 1 rings (SSSR count). The standard InChI is InChI=1S/C11H15N5O4/c1-6-3-14-7(4-13-6)5-15-11(20)16-8(10(18)19)2-9(12)17/h3-4,8H,2,5H2,1H3,(H2,12,17)(H,18,19)(H2,15,16,20)/t8-/m0/s1. The number of nitrogens with two attached hydrogens (primary N) is 1. The van der Waals surface area contributed by atoms with Gasteiger partial charge in [-0.2, -0.15) is 0 Å². The van der Waals surface area contributed by atoms with Gasteiger partial charge in [0.05, 0.1) is 30.6 Å². The van der Waals surface area contributed by atoms with Gasteiger partial charge in [0.25, 0.3) is 0 Å². The van der Waals surface area contributed by atoms with E-state index in [4.69, 9.17) is 10.8 Å². The maximum Gasteiger partial charge on any atom is 0.326 e. The minimum atomic E-state index is -1.36. The van der Waals surface area contributed by atoms with Gasteiger partial charge in [0.2, 0.25) is 5.91 Å². The van der Waals surface area contributed by atoms with Gasteiger partial charge in [-0.3, -0.25) is 14.8 Å². The number of rotatable bonds is 6. The Kier molecular flexibility index (Phi) is 5.39. The zero-order valence-corrected chi connectivity index (χ0v) is 10.8. The number of nitrogens with one attached hydrogen (secondary N) is 2. The predicted octanol–water partition coefficient (Wildman–Crippen LogP) is -1.09. The third-order valence-electron chi connectivity index (χ3n) is 2.27. The van der Waals surface area contributed by atoms with Gasteiger partial charge >= 0.3 is 12.0 Å². The molecule has 1 aromatic rings. The van der Waals surface area contributed by atoms with E-state index in [0.717, 1.165) is 5.69 Å². The van der Waals surface area contributed by atoms with Gasteiger partial charge in [-0.15, -0.1) is 0 Å². The largest absolute Gasteiger partial charge is 0.480 e. The Morgan fingerprint density at radius 3 is 2.55 bits per heavy atom. The third-order valence-corrected chi connectivity index (χ3v) is 2.27. The van der Waals surface area contributed by atoms with Crippen molar-refractivity contribution in [3.05, 3.63) is 23.8 Å². The normalized spacial score (nSPS) is 11.4. The van der Waals surface area contributed by atoms with Gasteiger partial charge in [-0.05, 0) is 6.92 Å². The molecule has 0 aliphatic rings. The van der Waals surface area contributed by atoms with Crippen LogP contribution < -0.4 is 16.4 Å². The summed E-state index contributed by atoms with van der Waals surface area (Å²) < 4.78 is 0. The summed E-state index contributed by atoms with van der Waals surface area (Å²) in [6, 6.07) is -2.10. The maximum atomic E-state index is 11.5. The lowest BCUT2D eigenvalue weighted by Crippen LogP contribution is -2.47. The average molecular weight is 281 g/mol. The number of aryl methyl sites for hydroxylation is 1. The van der Waals surface area contributed by atoms with Crippen LogP contribution in [0.5, 0.6) is 0 Å². The minimum Gasteiger partial charge on any atom is -0.480 e. The average Bonchev–Trinajstić information content (AvgIpc) is 2.36. The number of hydrogen-bond donors (Lipinski definition) is 4. The molecular formula is C11H15N5O4. The number of urea groups is 1. The highest BCUT2D eigenvalue weighted by Gasteiger charge is 2.21. The van der Waals surface area contributed by atoms with E-state index in [1.807, 2.05) is 0 Å². The van der Waals surface area contributed by atoms with Crippen molar-refractivity contribution < 1.29 is 19.5 Å². The van der Waals surface area contributed by atoms with Crippen molar-refractivity contribution in [2.24, 2.45) is 5.73 Å². The highest BCUT2D eigenvalue weighted by atomic mass is 16.4. The molecule has 0 unspecified atom stereocenters. The zero-order valence-electron chi connectivity index (χ0n) is 10.8. The molecule has 0 radical (unpaired) electrons. The van der Waals surface area contributed by atoms with Crippen molar-refractivity contribution in [1.29, 1.82) is 0 Å². The van der Waals surface area contributed by atoms with E-state index in [2.05, 4.69) is 20.6 Å². The molecule has 0 bridgehead atoms. The number of carboxylic acids is 1. The molecule has 1 aromatic heterocycles. The van der Waals surface area contributed by atoms with Crippen molar-refractivity contribution in [2.75, 3.05) is 0 Å². The van der Waals surface area contributed by atoms with Crippen LogP contribution in [0.2, 0.25) is 0 Å². The number of amides is 3. The molecule has 1 atom stereocenters. The summed E-state index contributed by atoms with van der Waals surface area (Å²) in [7, 11) is 0. The van der Waals surface area contributed by atoms with Gasteiger partial charge in [-0.25, -0.2) is 9.59 Å². The Morgan fingerprint density at radius 1 is 1.35 bits per heavy atom. The van der Waals surface area contributed by atoms with E-state index >= 15 is 0 Å². The molecule has 108 valence electrons. The first-order valence-corrected chi connectivity index (χ1v) is 5.71. The molecule has 0 spiro atoms. The van der Waals surface area contributed by atoms with Crippen LogP contribution in [0.15, 0.2) is 12.4 Å². The molecule has 0 aromatic carbocycles. The number of aliphatic carboxylic acids is 1. The predicted molar refractivity (Wildman–Crippen MR) is 67.4 cm³/mol. The molecule has 0 fully saturated rings. The Balaban J connectivity index is 2.47. The molecule has 3 amide bonds. The Bertz CT molecular complexity index is 502. The van der Waals surface area contributed by atoms with Crippen LogP contribution in [0.4, 0.5) is 4.79 Å². The van der Waals surface area contributed by atoms with Crippen molar-refractivity contribution in [1.82, 2.24) is 20.6 Å². The van der Waals surface area contributed by atoms with Crippen LogP contribution in [0, 0.1) is 6.92 Å². The number of primary amides is 1. The summed E-state index contributed by atoms with van der Waals surface area (Å²) in [5, 5.41) is 13.4. The SMILES string of the molecule is Cc1cnc(CNC(=O)N[C@@H](CC(N)=O)C(=O)O)cn1. The van der Waals surface area contributed by atoms with Crippen LogP contribution in [-0.2, 0) is 16.1 Å². The van der Waals surface area contributed by atoms with Crippen LogP contribution in [-0.4, -0.2) is 39.0 Å². The first-order valence-electron chi connectivity index (χ1n) is 5.71. The fourth-order valence-electron chi connectivity index (χ4n) is 1.29. The van der Waals surface area contributed by atoms with Crippen LogP contribution in [0.25, 0.3) is 0 Å². The maximum absolute atomic E-state index is 11.5. The van der Waals surface area contributed by atoms with Crippen molar-refractivity contribution in [3.8, 4) is 0 Å². The summed E-state index contributed by atoms with van der Waals surface area (Å²) >= 11 is 0. The quantitative estimate of drug-likeness (QED) is 0.521. The molecule has 1 heterocycles. The number of aromatic nitrogens is 2. The number of carbonyl (C=O) groups is 3. The van der Waals surface area contributed by atoms with Crippen LogP contribution in [0.3, 0.4) is 0 Å². The summed E-state index contributed by atoms with van der Waals surface area (Å²) in [5.41, 5.74) is 6.16. The topological polar surface area (TPSA) is 147 Å². The van der Waals surface area contributed by atoms with Crippen LogP contribution >= 0.6 is 0 Å². The first kappa shape index (κ1) is 15.3. The van der Waals surface area contributed by atoms with Crippen molar-refractivity contribution in [2.45, 2.75) is 25.9 Å².